The maximum absolute atomic E-state index is 11.5. The van der Waals surface area contributed by atoms with E-state index in [2.05, 4.69) is 14.9 Å². The summed E-state index contributed by atoms with van der Waals surface area (Å²) in [5.41, 5.74) is 6.32. The first-order valence-electron chi connectivity index (χ1n) is 4.13. The van der Waals surface area contributed by atoms with Gasteiger partial charge in [-0.15, -0.1) is 0 Å². The van der Waals surface area contributed by atoms with Gasteiger partial charge in [-0.05, 0) is 18.1 Å². The third-order valence-corrected chi connectivity index (χ3v) is 2.02. The molecule has 2 rings (SSSR count). The van der Waals surface area contributed by atoms with Crippen LogP contribution in [-0.2, 0) is 6.54 Å². The van der Waals surface area contributed by atoms with Gasteiger partial charge in [-0.3, -0.25) is 4.79 Å². The lowest BCUT2D eigenvalue weighted by Crippen LogP contribution is -2.27. The van der Waals surface area contributed by atoms with E-state index < -0.39 is 0 Å². The van der Waals surface area contributed by atoms with E-state index in [9.17, 15) is 4.79 Å². The van der Waals surface area contributed by atoms with Gasteiger partial charge in [0.25, 0.3) is 5.91 Å². The normalized spacial score (nSPS) is 15.2. The van der Waals surface area contributed by atoms with E-state index in [0.29, 0.717) is 31.0 Å². The monoisotopic (exact) mass is 182 g/mol. The summed E-state index contributed by atoms with van der Waals surface area (Å²) in [6.07, 6.45) is 0.799. The average molecular weight is 182 g/mol. The minimum atomic E-state index is -0.107. The number of carbonyl (C=O) groups is 1. The molecule has 0 bridgehead atoms. The Labute approximate surface area is 74.6 Å². The Morgan fingerprint density at radius 2 is 2.38 bits per heavy atom. The quantitative estimate of drug-likeness (QED) is 0.673. The standard InChI is InChI=1S/C7H10N4O2/c8-2-1-3-11-4-5-6(7(11)12)10-13-9-5/h1-4,8H2. The van der Waals surface area contributed by atoms with Crippen LogP contribution >= 0.6 is 0 Å². The van der Waals surface area contributed by atoms with Crippen molar-refractivity contribution in [2.75, 3.05) is 13.1 Å². The highest BCUT2D eigenvalue weighted by Gasteiger charge is 2.31. The van der Waals surface area contributed by atoms with E-state index in [1.807, 2.05) is 0 Å². The van der Waals surface area contributed by atoms with Crippen LogP contribution in [0.25, 0.3) is 0 Å². The SMILES string of the molecule is NCCCN1Cc2nonc2C1=O. The molecular formula is C7H10N4O2. The van der Waals surface area contributed by atoms with Crippen LogP contribution < -0.4 is 5.73 Å². The zero-order valence-electron chi connectivity index (χ0n) is 7.06. The molecule has 6 heteroatoms. The number of amides is 1. The molecule has 1 amide bonds. The zero-order chi connectivity index (χ0) is 9.26. The summed E-state index contributed by atoms with van der Waals surface area (Å²) in [6.45, 7) is 1.74. The Balaban J connectivity index is 2.06. The molecule has 0 atom stereocenters. The molecule has 13 heavy (non-hydrogen) atoms. The number of carbonyl (C=O) groups excluding carboxylic acids is 1. The second kappa shape index (κ2) is 3.14. The van der Waals surface area contributed by atoms with E-state index in [0.717, 1.165) is 6.42 Å². The highest BCUT2D eigenvalue weighted by Crippen LogP contribution is 2.18. The van der Waals surface area contributed by atoms with Crippen LogP contribution in [0.2, 0.25) is 0 Å². The Kier molecular flexibility index (Phi) is 1.97. The third-order valence-electron chi connectivity index (χ3n) is 2.02. The van der Waals surface area contributed by atoms with Crippen LogP contribution in [0.3, 0.4) is 0 Å². The lowest BCUT2D eigenvalue weighted by atomic mass is 10.4. The molecule has 0 saturated carbocycles. The van der Waals surface area contributed by atoms with Crippen molar-refractivity contribution < 1.29 is 9.42 Å². The van der Waals surface area contributed by atoms with E-state index in [4.69, 9.17) is 5.73 Å². The number of aromatic nitrogens is 2. The van der Waals surface area contributed by atoms with Crippen LogP contribution in [0.15, 0.2) is 4.63 Å². The maximum atomic E-state index is 11.5. The molecule has 0 unspecified atom stereocenters. The van der Waals surface area contributed by atoms with E-state index in [1.165, 1.54) is 0 Å². The molecule has 0 aliphatic carbocycles. The summed E-state index contributed by atoms with van der Waals surface area (Å²) < 4.78 is 4.44. The minimum Gasteiger partial charge on any atom is -0.331 e. The second-order valence-electron chi connectivity index (χ2n) is 2.93. The van der Waals surface area contributed by atoms with Crippen LogP contribution in [0.1, 0.15) is 22.6 Å². The Hall–Kier alpha value is -1.43. The van der Waals surface area contributed by atoms with Gasteiger partial charge in [0.1, 0.15) is 5.69 Å². The van der Waals surface area contributed by atoms with Gasteiger partial charge in [-0.2, -0.15) is 0 Å². The van der Waals surface area contributed by atoms with Crippen molar-refractivity contribution >= 4 is 5.91 Å². The van der Waals surface area contributed by atoms with Gasteiger partial charge >= 0.3 is 0 Å². The fourth-order valence-electron chi connectivity index (χ4n) is 1.34. The molecule has 70 valence electrons. The maximum Gasteiger partial charge on any atom is 0.278 e. The van der Waals surface area contributed by atoms with Gasteiger partial charge in [0.2, 0.25) is 0 Å². The Morgan fingerprint density at radius 1 is 1.54 bits per heavy atom. The molecule has 1 aromatic heterocycles. The van der Waals surface area contributed by atoms with Gasteiger partial charge in [0.05, 0.1) is 6.54 Å². The van der Waals surface area contributed by atoms with Gasteiger partial charge in [-0.25, -0.2) is 4.63 Å². The number of hydrogen-bond donors (Lipinski definition) is 1. The largest absolute Gasteiger partial charge is 0.331 e. The molecule has 0 fully saturated rings. The van der Waals surface area contributed by atoms with Crippen molar-refractivity contribution in [1.82, 2.24) is 15.2 Å². The lowest BCUT2D eigenvalue weighted by Gasteiger charge is -2.13. The average Bonchev–Trinajstić information content (AvgIpc) is 2.67. The Morgan fingerprint density at radius 3 is 3.08 bits per heavy atom. The predicted molar refractivity (Wildman–Crippen MR) is 42.7 cm³/mol. The van der Waals surface area contributed by atoms with Gasteiger partial charge in [0, 0.05) is 6.54 Å². The summed E-state index contributed by atoms with van der Waals surface area (Å²) in [6, 6.07) is 0. The summed E-state index contributed by atoms with van der Waals surface area (Å²) in [5.74, 6) is -0.107. The molecule has 0 radical (unpaired) electrons. The smallest absolute Gasteiger partial charge is 0.278 e. The summed E-state index contributed by atoms with van der Waals surface area (Å²) in [7, 11) is 0. The number of nitrogens with zero attached hydrogens (tertiary/aromatic N) is 3. The Bertz CT molecular complexity index is 322. The van der Waals surface area contributed by atoms with Crippen LogP contribution in [-0.4, -0.2) is 34.2 Å². The summed E-state index contributed by atoms with van der Waals surface area (Å²) in [4.78, 5) is 13.2. The third kappa shape index (κ3) is 1.29. The number of hydrogen-bond acceptors (Lipinski definition) is 5. The molecule has 0 spiro atoms. The molecule has 0 aromatic carbocycles. The van der Waals surface area contributed by atoms with Gasteiger partial charge in [0.15, 0.2) is 5.69 Å². The molecule has 1 aromatic rings. The highest BCUT2D eigenvalue weighted by molar-refractivity contribution is 5.95. The molecule has 0 saturated heterocycles. The van der Waals surface area contributed by atoms with E-state index in [-0.39, 0.29) is 5.91 Å². The lowest BCUT2D eigenvalue weighted by molar-refractivity contribution is 0.0758. The van der Waals surface area contributed by atoms with Crippen molar-refractivity contribution in [3.8, 4) is 0 Å². The summed E-state index contributed by atoms with van der Waals surface area (Å²) >= 11 is 0. The summed E-state index contributed by atoms with van der Waals surface area (Å²) in [5, 5.41) is 7.15. The fraction of sp³-hybridized carbons (Fsp3) is 0.571. The van der Waals surface area contributed by atoms with Crippen molar-refractivity contribution in [3.63, 3.8) is 0 Å². The van der Waals surface area contributed by atoms with Crippen molar-refractivity contribution in [1.29, 1.82) is 0 Å². The number of rotatable bonds is 3. The van der Waals surface area contributed by atoms with Crippen LogP contribution in [0.4, 0.5) is 0 Å². The molecule has 2 N–H and O–H groups in total. The van der Waals surface area contributed by atoms with Crippen molar-refractivity contribution in [2.24, 2.45) is 5.73 Å². The van der Waals surface area contributed by atoms with Gasteiger partial charge < -0.3 is 10.6 Å². The topological polar surface area (TPSA) is 85.2 Å². The van der Waals surface area contributed by atoms with E-state index >= 15 is 0 Å². The van der Waals surface area contributed by atoms with E-state index in [1.54, 1.807) is 4.90 Å². The first-order chi connectivity index (χ1) is 6.33. The fourth-order valence-corrected chi connectivity index (χ4v) is 1.34. The first-order valence-corrected chi connectivity index (χ1v) is 4.13. The molecule has 1 aliphatic rings. The molecule has 2 heterocycles. The van der Waals surface area contributed by atoms with Crippen molar-refractivity contribution in [2.45, 2.75) is 13.0 Å². The number of fused-ring (bicyclic) bond motifs is 1. The zero-order valence-corrected chi connectivity index (χ0v) is 7.06. The van der Waals surface area contributed by atoms with Crippen LogP contribution in [0.5, 0.6) is 0 Å². The molecular weight excluding hydrogens is 172 g/mol. The van der Waals surface area contributed by atoms with Crippen molar-refractivity contribution in [3.05, 3.63) is 11.4 Å². The minimum absolute atomic E-state index is 0.107. The second-order valence-corrected chi connectivity index (χ2v) is 2.93. The molecule has 1 aliphatic heterocycles. The molecule has 6 nitrogen and oxygen atoms in total. The van der Waals surface area contributed by atoms with Gasteiger partial charge in [-0.1, -0.05) is 5.16 Å². The predicted octanol–water partition coefficient (Wildman–Crippen LogP) is -0.626. The number of nitrogens with two attached hydrogens (primary N) is 1. The highest BCUT2D eigenvalue weighted by atomic mass is 16.6. The first kappa shape index (κ1) is 8.18. The van der Waals surface area contributed by atoms with Crippen LogP contribution in [0, 0.1) is 0 Å².